The average Bonchev–Trinajstić information content (AvgIpc) is 3.22. The van der Waals surface area contributed by atoms with Gasteiger partial charge in [0.05, 0.1) is 22.0 Å². The molecule has 1 saturated carbocycles. The number of rotatable bonds is 5. The van der Waals surface area contributed by atoms with E-state index in [0.29, 0.717) is 32.1 Å². The van der Waals surface area contributed by atoms with Crippen molar-refractivity contribution in [3.8, 4) is 5.69 Å². The zero-order chi connectivity index (χ0) is 20.4. The lowest BCUT2D eigenvalue weighted by Crippen LogP contribution is -2.39. The number of benzene rings is 1. The summed E-state index contributed by atoms with van der Waals surface area (Å²) in [6.07, 6.45) is 5.74. The minimum absolute atomic E-state index is 0.0623. The molecule has 0 bridgehead atoms. The van der Waals surface area contributed by atoms with Gasteiger partial charge in [-0.1, -0.05) is 54.8 Å². The van der Waals surface area contributed by atoms with E-state index in [2.05, 4.69) is 4.98 Å². The standard InChI is InChI=1S/C21H22ClN3O2S2/c1-24(14-7-3-2-4-8-14)18(26)13-29-21-23-16-11-12-28-19(16)20(27)25(21)17-10-6-5-9-15(17)22/h5-6,9-12,14H,2-4,7-8,13H2,1H3. The SMILES string of the molecule is CN(C(=O)CSc1nc2ccsc2c(=O)n1-c1ccccc1Cl)C1CCCCC1. The van der Waals surface area contributed by atoms with E-state index in [1.54, 1.807) is 12.1 Å². The summed E-state index contributed by atoms with van der Waals surface area (Å²) in [6.45, 7) is 0. The number of para-hydroxylation sites is 1. The summed E-state index contributed by atoms with van der Waals surface area (Å²) in [5, 5.41) is 2.81. The number of aromatic nitrogens is 2. The highest BCUT2D eigenvalue weighted by Crippen LogP contribution is 2.28. The molecule has 2 aromatic heterocycles. The fraction of sp³-hybridized carbons (Fsp3) is 0.381. The van der Waals surface area contributed by atoms with Gasteiger partial charge in [-0.05, 0) is 36.4 Å². The normalized spacial score (nSPS) is 15.0. The van der Waals surface area contributed by atoms with E-state index < -0.39 is 0 Å². The van der Waals surface area contributed by atoms with Crippen molar-refractivity contribution < 1.29 is 4.79 Å². The number of halogens is 1. The Balaban J connectivity index is 1.64. The van der Waals surface area contributed by atoms with Crippen LogP contribution in [0.4, 0.5) is 0 Å². The first-order chi connectivity index (χ1) is 14.1. The van der Waals surface area contributed by atoms with E-state index in [9.17, 15) is 9.59 Å². The molecule has 1 fully saturated rings. The van der Waals surface area contributed by atoms with E-state index in [-0.39, 0.29) is 17.2 Å². The summed E-state index contributed by atoms with van der Waals surface area (Å²) in [4.78, 5) is 32.5. The molecule has 0 aliphatic heterocycles. The third-order valence-corrected chi connectivity index (χ3v) is 7.52. The van der Waals surface area contributed by atoms with Crippen LogP contribution in [0.3, 0.4) is 0 Å². The van der Waals surface area contributed by atoms with Crippen LogP contribution in [0.2, 0.25) is 5.02 Å². The molecule has 29 heavy (non-hydrogen) atoms. The van der Waals surface area contributed by atoms with Gasteiger partial charge in [0.1, 0.15) is 4.70 Å². The third kappa shape index (κ3) is 4.22. The van der Waals surface area contributed by atoms with Gasteiger partial charge in [0.15, 0.2) is 5.16 Å². The number of thiophene rings is 1. The molecule has 0 spiro atoms. The highest BCUT2D eigenvalue weighted by atomic mass is 35.5. The molecule has 0 saturated heterocycles. The number of nitrogens with zero attached hydrogens (tertiary/aromatic N) is 3. The van der Waals surface area contributed by atoms with Crippen molar-refractivity contribution in [3.63, 3.8) is 0 Å². The smallest absolute Gasteiger partial charge is 0.276 e. The topological polar surface area (TPSA) is 55.2 Å². The predicted molar refractivity (Wildman–Crippen MR) is 121 cm³/mol. The van der Waals surface area contributed by atoms with Crippen molar-refractivity contribution in [2.75, 3.05) is 12.8 Å². The molecule has 8 heteroatoms. The minimum Gasteiger partial charge on any atom is -0.342 e. The molecule has 5 nitrogen and oxygen atoms in total. The van der Waals surface area contributed by atoms with Crippen molar-refractivity contribution in [1.82, 2.24) is 14.5 Å². The number of fused-ring (bicyclic) bond motifs is 1. The van der Waals surface area contributed by atoms with Gasteiger partial charge in [0.25, 0.3) is 5.56 Å². The third-order valence-electron chi connectivity index (χ3n) is 5.38. The van der Waals surface area contributed by atoms with Crippen LogP contribution in [0, 0.1) is 0 Å². The molecule has 1 aromatic carbocycles. The monoisotopic (exact) mass is 447 g/mol. The molecule has 0 unspecified atom stereocenters. The van der Waals surface area contributed by atoms with E-state index in [1.165, 1.54) is 46.9 Å². The lowest BCUT2D eigenvalue weighted by Gasteiger charge is -2.31. The van der Waals surface area contributed by atoms with Crippen LogP contribution in [0.5, 0.6) is 0 Å². The second-order valence-electron chi connectivity index (χ2n) is 7.21. The zero-order valence-corrected chi connectivity index (χ0v) is 18.5. The molecule has 0 N–H and O–H groups in total. The fourth-order valence-corrected chi connectivity index (χ4v) is 5.64. The van der Waals surface area contributed by atoms with Gasteiger partial charge < -0.3 is 4.90 Å². The summed E-state index contributed by atoms with van der Waals surface area (Å²) in [7, 11) is 1.88. The summed E-state index contributed by atoms with van der Waals surface area (Å²) in [5.74, 6) is 0.298. The molecule has 1 aliphatic rings. The Labute approximate surface area is 182 Å². The van der Waals surface area contributed by atoms with Crippen molar-refractivity contribution in [2.45, 2.75) is 43.3 Å². The Morgan fingerprint density at radius 2 is 2.03 bits per heavy atom. The highest BCUT2D eigenvalue weighted by Gasteiger charge is 2.23. The summed E-state index contributed by atoms with van der Waals surface area (Å²) in [5.41, 5.74) is 1.07. The summed E-state index contributed by atoms with van der Waals surface area (Å²) < 4.78 is 2.11. The Kier molecular flexibility index (Phi) is 6.27. The molecule has 0 atom stereocenters. The molecule has 1 aliphatic carbocycles. The van der Waals surface area contributed by atoms with Gasteiger partial charge in [0, 0.05) is 13.1 Å². The van der Waals surface area contributed by atoms with Crippen molar-refractivity contribution in [3.05, 3.63) is 51.1 Å². The van der Waals surface area contributed by atoms with Crippen LogP contribution >= 0.6 is 34.7 Å². The van der Waals surface area contributed by atoms with Gasteiger partial charge in [-0.25, -0.2) is 4.98 Å². The summed E-state index contributed by atoms with van der Waals surface area (Å²) >= 11 is 9.03. The maximum atomic E-state index is 13.2. The van der Waals surface area contributed by atoms with E-state index >= 15 is 0 Å². The van der Waals surface area contributed by atoms with Crippen molar-refractivity contribution >= 4 is 50.8 Å². The van der Waals surface area contributed by atoms with Crippen LogP contribution in [0.15, 0.2) is 45.7 Å². The van der Waals surface area contributed by atoms with Gasteiger partial charge in [-0.3, -0.25) is 14.2 Å². The average molecular weight is 448 g/mol. The molecule has 1 amide bonds. The highest BCUT2D eigenvalue weighted by molar-refractivity contribution is 7.99. The Morgan fingerprint density at radius 3 is 2.79 bits per heavy atom. The zero-order valence-electron chi connectivity index (χ0n) is 16.1. The van der Waals surface area contributed by atoms with E-state index in [1.807, 2.05) is 35.5 Å². The maximum Gasteiger partial charge on any atom is 0.276 e. The minimum atomic E-state index is -0.159. The first kappa shape index (κ1) is 20.4. The fourth-order valence-electron chi connectivity index (χ4n) is 3.73. The summed E-state index contributed by atoms with van der Waals surface area (Å²) in [6, 6.07) is 9.35. The molecular weight excluding hydrogens is 426 g/mol. The largest absolute Gasteiger partial charge is 0.342 e. The lowest BCUT2D eigenvalue weighted by molar-refractivity contribution is -0.129. The quantitative estimate of drug-likeness (QED) is 0.408. The molecule has 152 valence electrons. The van der Waals surface area contributed by atoms with Gasteiger partial charge >= 0.3 is 0 Å². The molecule has 0 radical (unpaired) electrons. The van der Waals surface area contributed by atoms with Crippen LogP contribution in [0.1, 0.15) is 32.1 Å². The van der Waals surface area contributed by atoms with Gasteiger partial charge in [0.2, 0.25) is 5.91 Å². The number of carbonyl (C=O) groups excluding carboxylic acids is 1. The number of hydrogen-bond donors (Lipinski definition) is 0. The Morgan fingerprint density at radius 1 is 1.28 bits per heavy atom. The first-order valence-corrected chi connectivity index (χ1v) is 11.9. The molecular formula is C21H22ClN3O2S2. The number of amides is 1. The number of thioether (sulfide) groups is 1. The first-order valence-electron chi connectivity index (χ1n) is 9.70. The Bertz CT molecular complexity index is 1090. The lowest BCUT2D eigenvalue weighted by atomic mass is 9.94. The van der Waals surface area contributed by atoms with Crippen LogP contribution < -0.4 is 5.56 Å². The van der Waals surface area contributed by atoms with E-state index in [4.69, 9.17) is 11.6 Å². The van der Waals surface area contributed by atoms with Crippen molar-refractivity contribution in [2.24, 2.45) is 0 Å². The van der Waals surface area contributed by atoms with Crippen LogP contribution in [-0.2, 0) is 4.79 Å². The molecule has 2 heterocycles. The number of carbonyl (C=O) groups is 1. The second-order valence-corrected chi connectivity index (χ2v) is 9.47. The Hall–Kier alpha value is -1.83. The second kappa shape index (κ2) is 8.90. The molecule has 4 rings (SSSR count). The maximum absolute atomic E-state index is 13.2. The van der Waals surface area contributed by atoms with Crippen LogP contribution in [-0.4, -0.2) is 39.2 Å². The van der Waals surface area contributed by atoms with Crippen molar-refractivity contribution in [1.29, 1.82) is 0 Å². The molecule has 3 aromatic rings. The number of hydrogen-bond acceptors (Lipinski definition) is 5. The van der Waals surface area contributed by atoms with E-state index in [0.717, 1.165) is 12.8 Å². The van der Waals surface area contributed by atoms with Gasteiger partial charge in [-0.15, -0.1) is 11.3 Å². The van der Waals surface area contributed by atoms with Gasteiger partial charge in [-0.2, -0.15) is 0 Å². The van der Waals surface area contributed by atoms with Crippen LogP contribution in [0.25, 0.3) is 15.9 Å². The predicted octanol–water partition coefficient (Wildman–Crippen LogP) is 4.98.